The van der Waals surface area contributed by atoms with Crippen molar-refractivity contribution in [3.63, 3.8) is 0 Å². The number of aliphatic imine (C=N–C) groups is 1. The first-order valence-electron chi connectivity index (χ1n) is 8.34. The molecule has 0 saturated carbocycles. The molecule has 0 aliphatic rings. The minimum Gasteiger partial charge on any atom is -0.370 e. The van der Waals surface area contributed by atoms with Gasteiger partial charge in [-0.05, 0) is 43.2 Å². The third-order valence-corrected chi connectivity index (χ3v) is 4.58. The Kier molecular flexibility index (Phi) is 8.12. The monoisotopic (exact) mass is 518 g/mol. The lowest BCUT2D eigenvalue weighted by Gasteiger charge is -2.16. The molecule has 2 aromatic heterocycles. The van der Waals surface area contributed by atoms with E-state index in [4.69, 9.17) is 28.9 Å². The standard InChI is InChI=1S/C18H20Cl2N6.HI/c1-12(14-8-7-13(19)11-15(14)20)23-18(21)22-9-4-6-17-25-24-16-5-2-3-10-26(16)17;/h2-3,5,7-8,10-12H,4,6,9H2,1H3,(H3,21,22,23);1H. The lowest BCUT2D eigenvalue weighted by atomic mass is 10.1. The van der Waals surface area contributed by atoms with Crippen molar-refractivity contribution in [2.45, 2.75) is 25.8 Å². The Morgan fingerprint density at radius 1 is 1.26 bits per heavy atom. The molecule has 3 N–H and O–H groups in total. The van der Waals surface area contributed by atoms with E-state index in [0.717, 1.165) is 29.9 Å². The summed E-state index contributed by atoms with van der Waals surface area (Å²) in [6.07, 6.45) is 3.57. The number of guanidine groups is 1. The van der Waals surface area contributed by atoms with E-state index in [9.17, 15) is 0 Å². The van der Waals surface area contributed by atoms with Crippen LogP contribution in [0.15, 0.2) is 47.6 Å². The average molecular weight is 519 g/mol. The summed E-state index contributed by atoms with van der Waals surface area (Å²) < 4.78 is 1.98. The number of nitrogens with one attached hydrogen (secondary N) is 1. The van der Waals surface area contributed by atoms with E-state index in [0.29, 0.717) is 22.5 Å². The zero-order chi connectivity index (χ0) is 18.5. The fraction of sp³-hybridized carbons (Fsp3) is 0.278. The lowest BCUT2D eigenvalue weighted by Crippen LogP contribution is -2.34. The second-order valence-electron chi connectivity index (χ2n) is 5.95. The van der Waals surface area contributed by atoms with Crippen molar-refractivity contribution in [2.75, 3.05) is 6.54 Å². The summed E-state index contributed by atoms with van der Waals surface area (Å²) >= 11 is 12.1. The number of nitrogens with zero attached hydrogens (tertiary/aromatic N) is 4. The molecule has 3 aromatic rings. The molecule has 1 atom stereocenters. The van der Waals surface area contributed by atoms with Crippen LogP contribution in [0.25, 0.3) is 5.65 Å². The third-order valence-electron chi connectivity index (χ3n) is 4.02. The highest BCUT2D eigenvalue weighted by molar-refractivity contribution is 14.0. The van der Waals surface area contributed by atoms with Crippen LogP contribution in [0.4, 0.5) is 0 Å². The maximum absolute atomic E-state index is 6.22. The smallest absolute Gasteiger partial charge is 0.189 e. The van der Waals surface area contributed by atoms with E-state index >= 15 is 0 Å². The number of nitrogens with two attached hydrogens (primary N) is 1. The molecule has 2 heterocycles. The van der Waals surface area contributed by atoms with Crippen LogP contribution in [0.5, 0.6) is 0 Å². The molecule has 6 nitrogen and oxygen atoms in total. The fourth-order valence-electron chi connectivity index (χ4n) is 2.70. The van der Waals surface area contributed by atoms with Gasteiger partial charge in [0.05, 0.1) is 6.04 Å². The molecule has 0 fully saturated rings. The summed E-state index contributed by atoms with van der Waals surface area (Å²) in [6, 6.07) is 11.2. The van der Waals surface area contributed by atoms with Gasteiger partial charge < -0.3 is 11.1 Å². The topological polar surface area (TPSA) is 80.6 Å². The maximum atomic E-state index is 6.22. The lowest BCUT2D eigenvalue weighted by molar-refractivity contribution is 0.702. The molecule has 9 heteroatoms. The van der Waals surface area contributed by atoms with Crippen LogP contribution in [0.3, 0.4) is 0 Å². The van der Waals surface area contributed by atoms with Gasteiger partial charge in [0.2, 0.25) is 0 Å². The number of halogens is 3. The minimum atomic E-state index is -0.0658. The van der Waals surface area contributed by atoms with Crippen molar-refractivity contribution in [1.29, 1.82) is 0 Å². The van der Waals surface area contributed by atoms with E-state index in [-0.39, 0.29) is 30.0 Å². The number of rotatable bonds is 6. The first kappa shape index (κ1) is 21.7. The van der Waals surface area contributed by atoms with E-state index in [1.807, 2.05) is 41.8 Å². The quantitative estimate of drug-likeness (QED) is 0.221. The Morgan fingerprint density at radius 2 is 2.07 bits per heavy atom. The Morgan fingerprint density at radius 3 is 2.85 bits per heavy atom. The van der Waals surface area contributed by atoms with Gasteiger partial charge in [0.15, 0.2) is 11.6 Å². The zero-order valence-corrected chi connectivity index (χ0v) is 18.6. The van der Waals surface area contributed by atoms with E-state index in [1.54, 1.807) is 12.1 Å². The van der Waals surface area contributed by atoms with Gasteiger partial charge in [-0.2, -0.15) is 0 Å². The largest absolute Gasteiger partial charge is 0.370 e. The maximum Gasteiger partial charge on any atom is 0.189 e. The molecule has 0 spiro atoms. The van der Waals surface area contributed by atoms with Gasteiger partial charge in [-0.1, -0.05) is 35.3 Å². The molecule has 144 valence electrons. The van der Waals surface area contributed by atoms with Crippen molar-refractivity contribution < 1.29 is 0 Å². The number of hydrogen-bond donors (Lipinski definition) is 2. The van der Waals surface area contributed by atoms with Crippen LogP contribution < -0.4 is 11.1 Å². The van der Waals surface area contributed by atoms with Gasteiger partial charge in [-0.3, -0.25) is 9.39 Å². The average Bonchev–Trinajstić information content (AvgIpc) is 3.02. The summed E-state index contributed by atoms with van der Waals surface area (Å²) in [5.74, 6) is 1.30. The minimum absolute atomic E-state index is 0. The number of hydrogen-bond acceptors (Lipinski definition) is 3. The molecular formula is C18H21Cl2IN6. The normalized spacial score (nSPS) is 12.6. The zero-order valence-electron chi connectivity index (χ0n) is 14.8. The van der Waals surface area contributed by atoms with Crippen molar-refractivity contribution in [1.82, 2.24) is 19.9 Å². The Labute approximate surface area is 185 Å². The van der Waals surface area contributed by atoms with Crippen molar-refractivity contribution in [2.24, 2.45) is 10.7 Å². The molecule has 0 saturated heterocycles. The predicted molar refractivity (Wildman–Crippen MR) is 121 cm³/mol. The second-order valence-corrected chi connectivity index (χ2v) is 6.79. The van der Waals surface area contributed by atoms with Crippen LogP contribution in [0.1, 0.15) is 30.8 Å². The summed E-state index contributed by atoms with van der Waals surface area (Å²) in [4.78, 5) is 4.37. The first-order valence-corrected chi connectivity index (χ1v) is 9.10. The summed E-state index contributed by atoms with van der Waals surface area (Å²) in [5.41, 5.74) is 7.75. The summed E-state index contributed by atoms with van der Waals surface area (Å²) in [7, 11) is 0. The number of aryl methyl sites for hydroxylation is 1. The van der Waals surface area contributed by atoms with Gasteiger partial charge in [-0.25, -0.2) is 0 Å². The highest BCUT2D eigenvalue weighted by Gasteiger charge is 2.10. The molecule has 0 aliphatic carbocycles. The van der Waals surface area contributed by atoms with Crippen molar-refractivity contribution >= 4 is 58.8 Å². The van der Waals surface area contributed by atoms with Gasteiger partial charge in [0.25, 0.3) is 0 Å². The van der Waals surface area contributed by atoms with Crippen LogP contribution in [0, 0.1) is 0 Å². The fourth-order valence-corrected chi connectivity index (χ4v) is 3.27. The second kappa shape index (κ2) is 10.1. The Balaban J connectivity index is 0.00000261. The van der Waals surface area contributed by atoms with Gasteiger partial charge in [-0.15, -0.1) is 34.2 Å². The van der Waals surface area contributed by atoms with Crippen LogP contribution >= 0.6 is 47.2 Å². The molecule has 0 amide bonds. The number of aromatic nitrogens is 3. The molecule has 0 radical (unpaired) electrons. The number of fused-ring (bicyclic) bond motifs is 1. The Hall–Kier alpha value is -1.58. The van der Waals surface area contributed by atoms with Crippen LogP contribution in [-0.2, 0) is 6.42 Å². The van der Waals surface area contributed by atoms with E-state index < -0.39 is 0 Å². The van der Waals surface area contributed by atoms with Gasteiger partial charge in [0, 0.05) is 29.2 Å². The molecule has 1 aromatic carbocycles. The van der Waals surface area contributed by atoms with Crippen LogP contribution in [0.2, 0.25) is 10.0 Å². The molecular weight excluding hydrogens is 498 g/mol. The van der Waals surface area contributed by atoms with Crippen molar-refractivity contribution in [3.8, 4) is 0 Å². The molecule has 0 bridgehead atoms. The van der Waals surface area contributed by atoms with Gasteiger partial charge >= 0.3 is 0 Å². The van der Waals surface area contributed by atoms with Gasteiger partial charge in [0.1, 0.15) is 5.82 Å². The van der Waals surface area contributed by atoms with E-state index in [1.165, 1.54) is 0 Å². The first-order chi connectivity index (χ1) is 12.5. The summed E-state index contributed by atoms with van der Waals surface area (Å²) in [6.45, 7) is 2.57. The highest BCUT2D eigenvalue weighted by atomic mass is 127. The SMILES string of the molecule is CC(NC(N)=NCCCc1nnc2ccccn12)c1ccc(Cl)cc1Cl.I. The molecule has 1 unspecified atom stereocenters. The number of pyridine rings is 1. The highest BCUT2D eigenvalue weighted by Crippen LogP contribution is 2.25. The van der Waals surface area contributed by atoms with Crippen LogP contribution in [-0.4, -0.2) is 27.1 Å². The molecule has 0 aliphatic heterocycles. The molecule has 3 rings (SSSR count). The van der Waals surface area contributed by atoms with E-state index in [2.05, 4.69) is 20.5 Å². The summed E-state index contributed by atoms with van der Waals surface area (Å²) in [5, 5.41) is 12.7. The number of benzene rings is 1. The third kappa shape index (κ3) is 5.70. The Bertz CT molecular complexity index is 927. The predicted octanol–water partition coefficient (Wildman–Crippen LogP) is 4.25. The van der Waals surface area contributed by atoms with Crippen molar-refractivity contribution in [3.05, 3.63) is 64.0 Å². The molecule has 27 heavy (non-hydrogen) atoms.